The molecule has 2 aliphatic heterocycles. The number of hydrogen-bond acceptors (Lipinski definition) is 9. The zero-order valence-electron chi connectivity index (χ0n) is 33.4. The molecule has 0 saturated heterocycles. The predicted molar refractivity (Wildman–Crippen MR) is 228 cm³/mol. The molecule has 316 valence electrons. The Hall–Kier alpha value is -7.47. The molecule has 2 aliphatic rings. The van der Waals surface area contributed by atoms with Crippen LogP contribution in [0.15, 0.2) is 133 Å². The van der Waals surface area contributed by atoms with Crippen molar-refractivity contribution in [2.45, 2.75) is 62.4 Å². The van der Waals surface area contributed by atoms with Gasteiger partial charge in [-0.15, -0.1) is 0 Å². The van der Waals surface area contributed by atoms with E-state index in [9.17, 15) is 49.3 Å². The smallest absolute Gasteiger partial charge is 0.307 e. The lowest BCUT2D eigenvalue weighted by Gasteiger charge is -2.27. The zero-order chi connectivity index (χ0) is 44.2. The Morgan fingerprint density at radius 2 is 1.02 bits per heavy atom. The molecule has 62 heavy (non-hydrogen) atoms. The summed E-state index contributed by atoms with van der Waals surface area (Å²) >= 11 is 0. The summed E-state index contributed by atoms with van der Waals surface area (Å²) < 4.78 is 0. The molecule has 0 radical (unpaired) electrons. The van der Waals surface area contributed by atoms with E-state index in [0.717, 1.165) is 11.1 Å². The first kappa shape index (κ1) is 44.1. The van der Waals surface area contributed by atoms with E-state index in [-0.39, 0.29) is 31.4 Å². The summed E-state index contributed by atoms with van der Waals surface area (Å²) in [5.74, 6) is -7.09. The number of carboxylic acids is 1. The van der Waals surface area contributed by atoms with Gasteiger partial charge in [0, 0.05) is 24.9 Å². The first-order valence-electron chi connectivity index (χ1n) is 20.0. The van der Waals surface area contributed by atoms with Crippen LogP contribution in [0.3, 0.4) is 0 Å². The van der Waals surface area contributed by atoms with Gasteiger partial charge in [-0.2, -0.15) is 5.26 Å². The molecule has 5 aromatic carbocycles. The minimum absolute atomic E-state index is 0.0101. The van der Waals surface area contributed by atoms with Crippen LogP contribution in [0.2, 0.25) is 0 Å². The second kappa shape index (κ2) is 20.7. The summed E-state index contributed by atoms with van der Waals surface area (Å²) in [7, 11) is 0. The molecule has 7 rings (SSSR count). The second-order valence-electron chi connectivity index (χ2n) is 15.1. The topological polar surface area (TPSA) is 235 Å². The molecule has 7 N–H and O–H groups in total. The zero-order valence-corrected chi connectivity index (χ0v) is 33.4. The molecule has 6 atom stereocenters. The maximum atomic E-state index is 14.5. The number of anilines is 1. The van der Waals surface area contributed by atoms with E-state index >= 15 is 0 Å². The van der Waals surface area contributed by atoms with Crippen molar-refractivity contribution in [2.75, 3.05) is 5.32 Å². The van der Waals surface area contributed by atoms with Crippen LogP contribution in [-0.4, -0.2) is 81.0 Å². The number of aliphatic hydroxyl groups excluding tert-OH is 2. The third kappa shape index (κ3) is 11.8. The molecule has 0 aromatic heterocycles. The first-order valence-corrected chi connectivity index (χ1v) is 20.0. The maximum absolute atomic E-state index is 14.5. The van der Waals surface area contributed by atoms with Crippen LogP contribution < -0.4 is 21.3 Å². The number of nitrogens with zero attached hydrogens (tertiary/aromatic N) is 1. The highest BCUT2D eigenvalue weighted by Gasteiger charge is 2.36. The van der Waals surface area contributed by atoms with Crippen LogP contribution in [0.5, 0.6) is 0 Å². The molecule has 0 unspecified atom stereocenters. The van der Waals surface area contributed by atoms with Gasteiger partial charge in [0.15, 0.2) is 18.0 Å². The van der Waals surface area contributed by atoms with Gasteiger partial charge >= 0.3 is 5.97 Å². The average molecular weight is 836 g/mol. The standard InChI is InChI=1S/C48H45N5O9/c49-28-33-13-11-31(12-14-33)25-40-45(58)52-39(26-32-15-19-35(20-16-32)34-9-5-2-6-10-34)44(57)51-38(24-29-7-3-1-4-8-29)41(54)27-36(48(61)62)23-30-17-21-37(22-18-30)50-46(59)42(55)43(56)47(60)53-40/h1-22,36,38-40,42-43,55-56H,23-27H2,(H,50,59)(H,51,57)(H,52,58)(H,53,60)(H,61,62)/t36-,38-,39+,40-,42-,43-/m1/s1. The third-order valence-electron chi connectivity index (χ3n) is 10.6. The van der Waals surface area contributed by atoms with Gasteiger partial charge in [-0.25, -0.2) is 0 Å². The molecule has 0 fully saturated rings. The summed E-state index contributed by atoms with van der Waals surface area (Å²) in [6.07, 6.45) is -5.46. The maximum Gasteiger partial charge on any atom is 0.307 e. The van der Waals surface area contributed by atoms with Gasteiger partial charge < -0.3 is 36.6 Å². The Morgan fingerprint density at radius 1 is 0.548 bits per heavy atom. The molecule has 14 heteroatoms. The lowest BCUT2D eigenvalue weighted by atomic mass is 9.90. The summed E-state index contributed by atoms with van der Waals surface area (Å²) in [6, 6.07) is 35.7. The van der Waals surface area contributed by atoms with Crippen molar-refractivity contribution >= 4 is 41.1 Å². The first-order chi connectivity index (χ1) is 29.9. The van der Waals surface area contributed by atoms with Gasteiger partial charge in [0.05, 0.1) is 23.6 Å². The number of nitriles is 1. The van der Waals surface area contributed by atoms with E-state index in [4.69, 9.17) is 0 Å². The molecule has 14 nitrogen and oxygen atoms in total. The molecular weight excluding hydrogens is 791 g/mol. The van der Waals surface area contributed by atoms with E-state index < -0.39 is 78.1 Å². The minimum atomic E-state index is -2.34. The van der Waals surface area contributed by atoms with Crippen molar-refractivity contribution in [3.05, 3.63) is 161 Å². The van der Waals surface area contributed by atoms with Crippen molar-refractivity contribution in [1.29, 1.82) is 5.26 Å². The molecule has 0 saturated carbocycles. The fraction of sp³-hybridized carbons (Fsp3) is 0.229. The van der Waals surface area contributed by atoms with E-state index in [1.54, 1.807) is 54.6 Å². The highest BCUT2D eigenvalue weighted by Crippen LogP contribution is 2.22. The van der Waals surface area contributed by atoms with Crippen LogP contribution in [0.1, 0.15) is 34.2 Å². The number of Topliss-reactive ketones (excluding diaryl/α,β-unsaturated/α-hetero) is 1. The highest BCUT2D eigenvalue weighted by atomic mass is 16.4. The summed E-state index contributed by atoms with van der Waals surface area (Å²) in [5, 5.41) is 51.5. The van der Waals surface area contributed by atoms with Crippen molar-refractivity contribution in [1.82, 2.24) is 16.0 Å². The number of carboxylic acid groups (broad SMARTS) is 1. The number of amides is 4. The van der Waals surface area contributed by atoms with Gasteiger partial charge in [-0.1, -0.05) is 109 Å². The minimum Gasteiger partial charge on any atom is -0.481 e. The summed E-state index contributed by atoms with van der Waals surface area (Å²) in [6.45, 7) is 0. The number of aliphatic hydroxyl groups is 2. The number of aliphatic carboxylic acids is 1. The van der Waals surface area contributed by atoms with Gasteiger partial charge in [0.1, 0.15) is 12.1 Å². The van der Waals surface area contributed by atoms with Crippen molar-refractivity contribution in [3.63, 3.8) is 0 Å². The molecule has 0 spiro atoms. The highest BCUT2D eigenvalue weighted by molar-refractivity contribution is 6.00. The Labute approximate surface area is 357 Å². The van der Waals surface area contributed by atoms with Crippen molar-refractivity contribution in [2.24, 2.45) is 5.92 Å². The Balaban J connectivity index is 1.39. The Kier molecular flexibility index (Phi) is 14.7. The third-order valence-corrected chi connectivity index (χ3v) is 10.6. The number of ketones is 1. The molecule has 4 amide bonds. The monoisotopic (exact) mass is 835 g/mol. The predicted octanol–water partition coefficient (Wildman–Crippen LogP) is 3.28. The number of fused-ring (bicyclic) bond motifs is 18. The number of nitrogens with one attached hydrogen (secondary N) is 4. The summed E-state index contributed by atoms with van der Waals surface area (Å²) in [4.78, 5) is 82.1. The van der Waals surface area contributed by atoms with Crippen LogP contribution in [-0.2, 0) is 54.5 Å². The van der Waals surface area contributed by atoms with E-state index in [2.05, 4.69) is 21.3 Å². The van der Waals surface area contributed by atoms with Crippen LogP contribution in [0, 0.1) is 17.2 Å². The van der Waals surface area contributed by atoms with Gasteiger partial charge in [-0.3, -0.25) is 28.8 Å². The van der Waals surface area contributed by atoms with E-state index in [1.807, 2.05) is 48.5 Å². The van der Waals surface area contributed by atoms with Crippen LogP contribution in [0.25, 0.3) is 11.1 Å². The summed E-state index contributed by atoms with van der Waals surface area (Å²) in [5.41, 5.74) is 4.62. The normalized spacial score (nSPS) is 21.6. The van der Waals surface area contributed by atoms with Crippen molar-refractivity contribution in [3.8, 4) is 17.2 Å². The molecule has 2 heterocycles. The average Bonchev–Trinajstić information content (AvgIpc) is 3.28. The van der Waals surface area contributed by atoms with Gasteiger partial charge in [-0.05, 0) is 70.5 Å². The van der Waals surface area contributed by atoms with E-state index in [0.29, 0.717) is 27.8 Å². The van der Waals surface area contributed by atoms with Crippen molar-refractivity contribution < 1.29 is 44.1 Å². The lowest BCUT2D eigenvalue weighted by Crippen LogP contribution is -2.59. The number of benzene rings is 5. The SMILES string of the molecule is N#Cc1ccc(C[C@H]2NC(=O)[C@H](O)[C@@H](O)C(=O)Nc3ccc(cc3)C[C@@H](C(=O)O)CC(=O)[C@@H](Cc3ccccc3)NC(=O)[C@H](Cc3ccc(-c4ccccc4)cc3)NC2=O)cc1. The quantitative estimate of drug-likeness (QED) is 0.113. The number of carbonyl (C=O) groups is 6. The van der Waals surface area contributed by atoms with E-state index in [1.165, 1.54) is 36.4 Å². The number of hydrogen-bond donors (Lipinski definition) is 7. The fourth-order valence-electron chi connectivity index (χ4n) is 7.11. The Morgan fingerprint density at radius 3 is 1.58 bits per heavy atom. The fourth-order valence-corrected chi connectivity index (χ4v) is 7.11. The molecule has 5 aromatic rings. The second-order valence-corrected chi connectivity index (χ2v) is 15.1. The van der Waals surface area contributed by atoms with Crippen LogP contribution >= 0.6 is 0 Å². The molecular formula is C48H45N5O9. The number of carbonyl (C=O) groups excluding carboxylic acids is 5. The van der Waals surface area contributed by atoms with Gasteiger partial charge in [0.2, 0.25) is 11.8 Å². The lowest BCUT2D eigenvalue weighted by molar-refractivity contribution is -0.145. The number of rotatable bonds is 8. The largest absolute Gasteiger partial charge is 0.481 e. The molecule has 0 aliphatic carbocycles. The van der Waals surface area contributed by atoms with Gasteiger partial charge in [0.25, 0.3) is 11.8 Å². The van der Waals surface area contributed by atoms with Crippen LogP contribution in [0.4, 0.5) is 5.69 Å². The molecule has 2 bridgehead atoms. The Bertz CT molecular complexity index is 2420.